The molecule has 0 bridgehead atoms. The molecular weight excluding hydrogens is 337 g/mol. The van der Waals surface area contributed by atoms with E-state index in [1.807, 2.05) is 60.7 Å². The molecule has 3 rings (SSSR count). The van der Waals surface area contributed by atoms with Gasteiger partial charge in [0.1, 0.15) is 5.82 Å². The average molecular weight is 354 g/mol. The summed E-state index contributed by atoms with van der Waals surface area (Å²) in [6.45, 7) is 0.748. The summed E-state index contributed by atoms with van der Waals surface area (Å²) in [6.07, 6.45) is 0. The highest BCUT2D eigenvalue weighted by molar-refractivity contribution is 6.33. The third-order valence-corrected chi connectivity index (χ3v) is 4.21. The molecule has 0 saturated carbocycles. The van der Waals surface area contributed by atoms with E-state index in [4.69, 9.17) is 11.6 Å². The van der Waals surface area contributed by atoms with E-state index in [1.165, 1.54) is 18.2 Å². The lowest BCUT2D eigenvalue weighted by Crippen LogP contribution is -2.31. The molecule has 0 heterocycles. The van der Waals surface area contributed by atoms with Crippen molar-refractivity contribution in [2.45, 2.75) is 13.1 Å². The minimum Gasteiger partial charge on any atom is -0.330 e. The maximum absolute atomic E-state index is 14.2. The quantitative estimate of drug-likeness (QED) is 0.607. The minimum atomic E-state index is -0.608. The van der Waals surface area contributed by atoms with Crippen molar-refractivity contribution >= 4 is 17.5 Å². The van der Waals surface area contributed by atoms with Gasteiger partial charge in [-0.25, -0.2) is 4.39 Å². The second kappa shape index (κ2) is 7.95. The van der Waals surface area contributed by atoms with Gasteiger partial charge in [0.05, 0.1) is 10.6 Å². The highest BCUT2D eigenvalue weighted by atomic mass is 35.5. The standard InChI is InChI=1S/C21H17ClFNO/c22-18-12-7-13-19(23)20(18)21(25)24(14-16-8-3-1-4-9-16)15-17-10-5-2-6-11-17/h1-13H,14-15H2. The molecule has 0 N–H and O–H groups in total. The first-order chi connectivity index (χ1) is 12.1. The molecule has 0 aliphatic heterocycles. The Hall–Kier alpha value is -2.65. The van der Waals surface area contributed by atoms with Gasteiger partial charge >= 0.3 is 0 Å². The van der Waals surface area contributed by atoms with Crippen LogP contribution in [0.15, 0.2) is 78.9 Å². The van der Waals surface area contributed by atoms with E-state index >= 15 is 0 Å². The van der Waals surface area contributed by atoms with Gasteiger partial charge in [-0.3, -0.25) is 4.79 Å². The van der Waals surface area contributed by atoms with Gasteiger partial charge in [0.25, 0.3) is 5.91 Å². The Morgan fingerprint density at radius 3 is 1.80 bits per heavy atom. The Bertz CT molecular complexity index is 791. The number of carbonyl (C=O) groups is 1. The topological polar surface area (TPSA) is 20.3 Å². The summed E-state index contributed by atoms with van der Waals surface area (Å²) < 4.78 is 14.2. The Kier molecular flexibility index (Phi) is 5.46. The molecular formula is C21H17ClFNO. The summed E-state index contributed by atoms with van der Waals surface area (Å²) in [4.78, 5) is 14.6. The molecule has 0 unspecified atom stereocenters. The molecule has 0 radical (unpaired) electrons. The highest BCUT2D eigenvalue weighted by Gasteiger charge is 2.22. The first-order valence-electron chi connectivity index (χ1n) is 7.96. The molecule has 0 aliphatic rings. The van der Waals surface area contributed by atoms with Crippen LogP contribution in [0.1, 0.15) is 21.5 Å². The second-order valence-corrected chi connectivity index (χ2v) is 6.14. The Morgan fingerprint density at radius 1 is 0.800 bits per heavy atom. The van der Waals surface area contributed by atoms with Crippen LogP contribution in [0.25, 0.3) is 0 Å². The monoisotopic (exact) mass is 353 g/mol. The zero-order valence-electron chi connectivity index (χ0n) is 13.5. The first-order valence-corrected chi connectivity index (χ1v) is 8.34. The van der Waals surface area contributed by atoms with Gasteiger partial charge in [0, 0.05) is 13.1 Å². The van der Waals surface area contributed by atoms with Gasteiger partial charge in [-0.05, 0) is 23.3 Å². The van der Waals surface area contributed by atoms with E-state index in [-0.39, 0.29) is 10.6 Å². The highest BCUT2D eigenvalue weighted by Crippen LogP contribution is 2.23. The number of nitrogens with zero attached hydrogens (tertiary/aromatic N) is 1. The van der Waals surface area contributed by atoms with Gasteiger partial charge in [-0.15, -0.1) is 0 Å². The van der Waals surface area contributed by atoms with E-state index in [2.05, 4.69) is 0 Å². The molecule has 0 fully saturated rings. The van der Waals surface area contributed by atoms with Gasteiger partial charge in [0.2, 0.25) is 0 Å². The lowest BCUT2D eigenvalue weighted by molar-refractivity contribution is 0.0725. The second-order valence-electron chi connectivity index (χ2n) is 5.73. The summed E-state index contributed by atoms with van der Waals surface area (Å²) in [5, 5.41) is 0.121. The SMILES string of the molecule is O=C(c1c(F)cccc1Cl)N(Cc1ccccc1)Cc1ccccc1. The van der Waals surface area contributed by atoms with Gasteiger partial charge in [0.15, 0.2) is 0 Å². The Morgan fingerprint density at radius 2 is 1.32 bits per heavy atom. The third-order valence-electron chi connectivity index (χ3n) is 3.90. The number of benzene rings is 3. The van der Waals surface area contributed by atoms with Crippen LogP contribution < -0.4 is 0 Å². The molecule has 0 atom stereocenters. The van der Waals surface area contributed by atoms with Crippen molar-refractivity contribution in [3.05, 3.63) is 106 Å². The van der Waals surface area contributed by atoms with E-state index < -0.39 is 11.7 Å². The predicted octanol–water partition coefficient (Wildman–Crippen LogP) is 5.32. The number of halogens is 2. The van der Waals surface area contributed by atoms with Crippen LogP contribution in [0, 0.1) is 5.82 Å². The summed E-state index contributed by atoms with van der Waals surface area (Å²) >= 11 is 6.09. The van der Waals surface area contributed by atoms with E-state index in [9.17, 15) is 9.18 Å². The van der Waals surface area contributed by atoms with Crippen LogP contribution in [0.5, 0.6) is 0 Å². The zero-order chi connectivity index (χ0) is 17.6. The number of hydrogen-bond donors (Lipinski definition) is 0. The fourth-order valence-corrected chi connectivity index (χ4v) is 2.91. The molecule has 0 aliphatic carbocycles. The molecule has 0 saturated heterocycles. The molecule has 4 heteroatoms. The van der Waals surface area contributed by atoms with Crippen molar-refractivity contribution in [2.75, 3.05) is 0 Å². The van der Waals surface area contributed by atoms with Crippen LogP contribution in [0.3, 0.4) is 0 Å². The summed E-state index contributed by atoms with van der Waals surface area (Å²) in [5.41, 5.74) is 1.86. The molecule has 0 spiro atoms. The van der Waals surface area contributed by atoms with E-state index in [1.54, 1.807) is 4.90 Å². The number of hydrogen-bond acceptors (Lipinski definition) is 1. The predicted molar refractivity (Wildman–Crippen MR) is 97.9 cm³/mol. The van der Waals surface area contributed by atoms with Crippen LogP contribution in [-0.4, -0.2) is 10.8 Å². The summed E-state index contributed by atoms with van der Waals surface area (Å²) in [6, 6.07) is 23.5. The van der Waals surface area contributed by atoms with E-state index in [0.717, 1.165) is 11.1 Å². The van der Waals surface area contributed by atoms with Crippen molar-refractivity contribution < 1.29 is 9.18 Å². The Balaban J connectivity index is 1.93. The molecule has 25 heavy (non-hydrogen) atoms. The molecule has 126 valence electrons. The summed E-state index contributed by atoms with van der Waals surface area (Å²) in [7, 11) is 0. The molecule has 2 nitrogen and oxygen atoms in total. The van der Waals surface area contributed by atoms with Crippen LogP contribution in [-0.2, 0) is 13.1 Å². The normalized spacial score (nSPS) is 10.5. The molecule has 1 amide bonds. The third kappa shape index (κ3) is 4.25. The fourth-order valence-electron chi connectivity index (χ4n) is 2.67. The van der Waals surface area contributed by atoms with E-state index in [0.29, 0.717) is 13.1 Å². The maximum atomic E-state index is 14.2. The smallest absolute Gasteiger partial charge is 0.258 e. The van der Waals surface area contributed by atoms with Crippen molar-refractivity contribution in [3.8, 4) is 0 Å². The molecule has 3 aromatic carbocycles. The molecule has 3 aromatic rings. The lowest BCUT2D eigenvalue weighted by atomic mass is 10.1. The van der Waals surface area contributed by atoms with Crippen molar-refractivity contribution in [2.24, 2.45) is 0 Å². The van der Waals surface area contributed by atoms with Crippen molar-refractivity contribution in [1.82, 2.24) is 4.90 Å². The van der Waals surface area contributed by atoms with Gasteiger partial charge in [-0.2, -0.15) is 0 Å². The van der Waals surface area contributed by atoms with Gasteiger partial charge < -0.3 is 4.90 Å². The largest absolute Gasteiger partial charge is 0.330 e. The Labute approximate surface area is 151 Å². The molecule has 0 aromatic heterocycles. The zero-order valence-corrected chi connectivity index (χ0v) is 14.3. The average Bonchev–Trinajstić information content (AvgIpc) is 2.63. The van der Waals surface area contributed by atoms with Crippen molar-refractivity contribution in [1.29, 1.82) is 0 Å². The van der Waals surface area contributed by atoms with Crippen LogP contribution >= 0.6 is 11.6 Å². The summed E-state index contributed by atoms with van der Waals surface area (Å²) in [5.74, 6) is -1.03. The minimum absolute atomic E-state index is 0.0870. The van der Waals surface area contributed by atoms with Crippen molar-refractivity contribution in [3.63, 3.8) is 0 Å². The fraction of sp³-hybridized carbons (Fsp3) is 0.0952. The number of amides is 1. The first kappa shape index (κ1) is 17.2. The van der Waals surface area contributed by atoms with Crippen LogP contribution in [0.4, 0.5) is 4.39 Å². The van der Waals surface area contributed by atoms with Crippen LogP contribution in [0.2, 0.25) is 5.02 Å². The number of rotatable bonds is 5. The number of carbonyl (C=O) groups excluding carboxylic acids is 1. The lowest BCUT2D eigenvalue weighted by Gasteiger charge is -2.24. The maximum Gasteiger partial charge on any atom is 0.258 e. The van der Waals surface area contributed by atoms with Gasteiger partial charge in [-0.1, -0.05) is 78.3 Å².